The van der Waals surface area contributed by atoms with Crippen LogP contribution in [0.4, 0.5) is 0 Å². The third-order valence-corrected chi connectivity index (χ3v) is 2.44. The summed E-state index contributed by atoms with van der Waals surface area (Å²) in [4.78, 5) is 0. The van der Waals surface area contributed by atoms with Crippen molar-refractivity contribution in [3.05, 3.63) is 0 Å². The largest absolute Gasteiger partial charge is 0.396 e. The summed E-state index contributed by atoms with van der Waals surface area (Å²) in [5.41, 5.74) is 0.142. The van der Waals surface area contributed by atoms with Crippen molar-refractivity contribution in [2.75, 3.05) is 13.7 Å². The van der Waals surface area contributed by atoms with Gasteiger partial charge in [0, 0.05) is 12.1 Å². The van der Waals surface area contributed by atoms with Crippen LogP contribution in [0.5, 0.6) is 0 Å². The average molecular weight is 145 g/mol. The Labute approximate surface area is 63.6 Å². The van der Waals surface area contributed by atoms with Gasteiger partial charge in [0.05, 0.1) is 0 Å². The maximum Gasteiger partial charge on any atom is 0.0434 e. The van der Waals surface area contributed by atoms with Gasteiger partial charge in [-0.05, 0) is 33.2 Å². The highest BCUT2D eigenvalue weighted by molar-refractivity contribution is 4.81. The van der Waals surface area contributed by atoms with Crippen LogP contribution in [0.1, 0.15) is 27.2 Å². The minimum atomic E-state index is 0.142. The predicted molar refractivity (Wildman–Crippen MR) is 44.0 cm³/mol. The van der Waals surface area contributed by atoms with Crippen LogP contribution in [0.2, 0.25) is 0 Å². The lowest BCUT2D eigenvalue weighted by atomic mass is 9.87. The number of rotatable bonds is 4. The fraction of sp³-hybridized carbons (Fsp3) is 1.00. The van der Waals surface area contributed by atoms with Gasteiger partial charge in [-0.3, -0.25) is 0 Å². The molecule has 0 saturated carbocycles. The monoisotopic (exact) mass is 145 g/mol. The lowest BCUT2D eigenvalue weighted by Gasteiger charge is -2.31. The zero-order valence-corrected chi connectivity index (χ0v) is 7.44. The van der Waals surface area contributed by atoms with E-state index < -0.39 is 0 Å². The van der Waals surface area contributed by atoms with Gasteiger partial charge in [0.1, 0.15) is 0 Å². The SMILES string of the molecule is CNC(C)(C)C(C)CCO. The van der Waals surface area contributed by atoms with Gasteiger partial charge in [0.2, 0.25) is 0 Å². The molecule has 0 rings (SSSR count). The summed E-state index contributed by atoms with van der Waals surface area (Å²) in [6, 6.07) is 0. The maximum atomic E-state index is 8.67. The van der Waals surface area contributed by atoms with Gasteiger partial charge in [-0.1, -0.05) is 6.92 Å². The van der Waals surface area contributed by atoms with E-state index in [-0.39, 0.29) is 12.1 Å². The normalized spacial score (nSPS) is 15.3. The molecular weight excluding hydrogens is 126 g/mol. The second kappa shape index (κ2) is 3.94. The van der Waals surface area contributed by atoms with Crippen LogP contribution in [0, 0.1) is 5.92 Å². The van der Waals surface area contributed by atoms with E-state index in [4.69, 9.17) is 5.11 Å². The van der Waals surface area contributed by atoms with Crippen LogP contribution in [-0.2, 0) is 0 Å². The lowest BCUT2D eigenvalue weighted by molar-refractivity contribution is 0.205. The zero-order valence-electron chi connectivity index (χ0n) is 7.44. The van der Waals surface area contributed by atoms with Crippen LogP contribution in [0.25, 0.3) is 0 Å². The molecule has 0 bridgehead atoms. The van der Waals surface area contributed by atoms with Crippen molar-refractivity contribution in [3.63, 3.8) is 0 Å². The molecule has 0 spiro atoms. The quantitative estimate of drug-likeness (QED) is 0.618. The molecule has 0 aliphatic carbocycles. The Morgan fingerprint density at radius 2 is 2.00 bits per heavy atom. The number of hydrogen-bond acceptors (Lipinski definition) is 2. The molecule has 1 atom stereocenters. The number of nitrogens with one attached hydrogen (secondary N) is 1. The highest BCUT2D eigenvalue weighted by Gasteiger charge is 2.22. The number of hydrogen-bond donors (Lipinski definition) is 2. The molecule has 0 amide bonds. The summed E-state index contributed by atoms with van der Waals surface area (Å²) < 4.78 is 0. The Balaban J connectivity index is 3.78. The molecule has 0 aromatic carbocycles. The Kier molecular flexibility index (Phi) is 3.91. The third kappa shape index (κ3) is 2.67. The van der Waals surface area contributed by atoms with Gasteiger partial charge in [-0.2, -0.15) is 0 Å². The van der Waals surface area contributed by atoms with Gasteiger partial charge in [0.15, 0.2) is 0 Å². The first-order valence-electron chi connectivity index (χ1n) is 3.84. The van der Waals surface area contributed by atoms with Gasteiger partial charge >= 0.3 is 0 Å². The van der Waals surface area contributed by atoms with E-state index in [0.29, 0.717) is 5.92 Å². The van der Waals surface area contributed by atoms with Crippen molar-refractivity contribution in [1.29, 1.82) is 0 Å². The second-order valence-electron chi connectivity index (χ2n) is 3.39. The predicted octanol–water partition coefficient (Wildman–Crippen LogP) is 1.00. The van der Waals surface area contributed by atoms with Crippen molar-refractivity contribution in [2.45, 2.75) is 32.7 Å². The molecule has 0 aromatic rings. The lowest BCUT2D eigenvalue weighted by Crippen LogP contribution is -2.42. The van der Waals surface area contributed by atoms with E-state index >= 15 is 0 Å². The number of aliphatic hydroxyl groups is 1. The van der Waals surface area contributed by atoms with Crippen LogP contribution < -0.4 is 5.32 Å². The standard InChI is InChI=1S/C8H19NO/c1-7(5-6-10)8(2,3)9-4/h7,9-10H,5-6H2,1-4H3. The first-order valence-corrected chi connectivity index (χ1v) is 3.84. The van der Waals surface area contributed by atoms with Crippen molar-refractivity contribution in [2.24, 2.45) is 5.92 Å². The molecule has 0 aliphatic rings. The first kappa shape index (κ1) is 9.92. The molecule has 2 nitrogen and oxygen atoms in total. The van der Waals surface area contributed by atoms with E-state index in [1.165, 1.54) is 0 Å². The molecule has 1 unspecified atom stereocenters. The Hall–Kier alpha value is -0.0800. The Bertz CT molecular complexity index is 91.3. The average Bonchev–Trinajstić information content (AvgIpc) is 1.89. The molecule has 2 heteroatoms. The summed E-state index contributed by atoms with van der Waals surface area (Å²) in [7, 11) is 1.95. The zero-order chi connectivity index (χ0) is 8.20. The van der Waals surface area contributed by atoms with Crippen LogP contribution >= 0.6 is 0 Å². The molecule has 0 fully saturated rings. The van der Waals surface area contributed by atoms with Crippen molar-refractivity contribution in [1.82, 2.24) is 5.32 Å². The van der Waals surface area contributed by atoms with E-state index in [1.807, 2.05) is 7.05 Å². The fourth-order valence-corrected chi connectivity index (χ4v) is 0.801. The molecule has 10 heavy (non-hydrogen) atoms. The molecular formula is C8H19NO. The summed E-state index contributed by atoms with van der Waals surface area (Å²) in [6.07, 6.45) is 0.869. The topological polar surface area (TPSA) is 32.3 Å². The number of aliphatic hydroxyl groups excluding tert-OH is 1. The second-order valence-corrected chi connectivity index (χ2v) is 3.39. The van der Waals surface area contributed by atoms with Crippen LogP contribution in [0.3, 0.4) is 0 Å². The molecule has 0 radical (unpaired) electrons. The van der Waals surface area contributed by atoms with Gasteiger partial charge in [-0.15, -0.1) is 0 Å². The molecule has 2 N–H and O–H groups in total. The molecule has 0 aliphatic heterocycles. The first-order chi connectivity index (χ1) is 4.54. The minimum Gasteiger partial charge on any atom is -0.396 e. The fourth-order valence-electron chi connectivity index (χ4n) is 0.801. The molecule has 0 aromatic heterocycles. The highest BCUT2D eigenvalue weighted by Crippen LogP contribution is 2.18. The van der Waals surface area contributed by atoms with Gasteiger partial charge < -0.3 is 10.4 Å². The van der Waals surface area contributed by atoms with Crippen LogP contribution in [-0.4, -0.2) is 24.3 Å². The van der Waals surface area contributed by atoms with Crippen molar-refractivity contribution < 1.29 is 5.11 Å². The third-order valence-electron chi connectivity index (χ3n) is 2.44. The van der Waals surface area contributed by atoms with E-state index in [0.717, 1.165) is 6.42 Å². The van der Waals surface area contributed by atoms with Crippen molar-refractivity contribution in [3.8, 4) is 0 Å². The Morgan fingerprint density at radius 3 is 2.30 bits per heavy atom. The smallest absolute Gasteiger partial charge is 0.0434 e. The van der Waals surface area contributed by atoms with E-state index in [1.54, 1.807) is 0 Å². The maximum absolute atomic E-state index is 8.67. The summed E-state index contributed by atoms with van der Waals surface area (Å²) in [5.74, 6) is 0.516. The summed E-state index contributed by atoms with van der Waals surface area (Å²) >= 11 is 0. The molecule has 62 valence electrons. The summed E-state index contributed by atoms with van der Waals surface area (Å²) in [5, 5.41) is 11.9. The highest BCUT2D eigenvalue weighted by atomic mass is 16.3. The van der Waals surface area contributed by atoms with Crippen molar-refractivity contribution >= 4 is 0 Å². The van der Waals surface area contributed by atoms with E-state index in [2.05, 4.69) is 26.1 Å². The molecule has 0 saturated heterocycles. The van der Waals surface area contributed by atoms with E-state index in [9.17, 15) is 0 Å². The van der Waals surface area contributed by atoms with Crippen LogP contribution in [0.15, 0.2) is 0 Å². The van der Waals surface area contributed by atoms with Gasteiger partial charge in [0.25, 0.3) is 0 Å². The minimum absolute atomic E-state index is 0.142. The molecule has 0 heterocycles. The Morgan fingerprint density at radius 1 is 1.50 bits per heavy atom. The van der Waals surface area contributed by atoms with Gasteiger partial charge in [-0.25, -0.2) is 0 Å². The summed E-state index contributed by atoms with van der Waals surface area (Å²) in [6.45, 7) is 6.72.